The zero-order valence-electron chi connectivity index (χ0n) is 11.5. The Balaban J connectivity index is 0. The van der Waals surface area contributed by atoms with Crippen molar-refractivity contribution < 1.29 is 93.3 Å². The Bertz CT molecular complexity index is 611. The van der Waals surface area contributed by atoms with Gasteiger partial charge in [0.1, 0.15) is 0 Å². The number of hydrogen-bond donors (Lipinski definition) is 0. The first-order valence-electron chi connectivity index (χ1n) is 4.96. The van der Waals surface area contributed by atoms with Crippen LogP contribution in [0.4, 0.5) is 61.5 Å². The molecule has 0 aromatic carbocycles. The quantitative estimate of drug-likeness (QED) is 0.347. The predicted octanol–water partition coefficient (Wildman–Crippen LogP) is 0.570. The van der Waals surface area contributed by atoms with Crippen LogP contribution in [-0.2, 0) is 10.1 Å². The largest absolute Gasteiger partial charge is 1.00 e. The van der Waals surface area contributed by atoms with Crippen molar-refractivity contribution in [3.63, 3.8) is 0 Å². The van der Waals surface area contributed by atoms with Gasteiger partial charge in [-0.2, -0.15) is 57.1 Å². The van der Waals surface area contributed by atoms with E-state index in [0.29, 0.717) is 0 Å². The fourth-order valence-electron chi connectivity index (χ4n) is 1.11. The topological polar surface area (TPSA) is 57.2 Å². The van der Waals surface area contributed by atoms with Crippen LogP contribution >= 0.6 is 0 Å². The summed E-state index contributed by atoms with van der Waals surface area (Å²) in [6, 6.07) is 0. The van der Waals surface area contributed by atoms with Crippen molar-refractivity contribution >= 4 is 10.1 Å². The summed E-state index contributed by atoms with van der Waals surface area (Å²) in [4.78, 5) is 0. The van der Waals surface area contributed by atoms with E-state index in [2.05, 4.69) is 0 Å². The minimum atomic E-state index is -8.32. The maximum atomic E-state index is 12.9. The van der Waals surface area contributed by atoms with Gasteiger partial charge in [0.25, 0.3) is 6.17 Å². The standard InChI is InChI=1S/C7H2F14O3S.Li/c8-1(3(11,12)13)2(9,10)4(14,15)5(16,17)6(18,19)7(20,21)25(22,23)24;/h1H,(H,22,23,24);/q;+1/p-1. The average Bonchev–Trinajstić information content (AvgIpc) is 2.34. The third-order valence-electron chi connectivity index (χ3n) is 2.49. The van der Waals surface area contributed by atoms with Gasteiger partial charge in [-0.05, 0) is 0 Å². The molecule has 19 heteroatoms. The molecule has 0 bridgehead atoms. The second kappa shape index (κ2) is 6.85. The molecule has 1 unspecified atom stereocenters. The SMILES string of the molecule is O=S(=O)([O-])C(F)(F)C(F)(F)C(F)(F)C(F)(F)C(F)(F)C(F)C(F)(F)F.[Li+]. The van der Waals surface area contributed by atoms with Crippen LogP contribution in [0.1, 0.15) is 0 Å². The van der Waals surface area contributed by atoms with E-state index in [1.54, 1.807) is 0 Å². The summed E-state index contributed by atoms with van der Waals surface area (Å²) in [7, 11) is -7.91. The second-order valence-electron chi connectivity index (χ2n) is 4.22. The third kappa shape index (κ3) is 3.74. The van der Waals surface area contributed by atoms with Gasteiger partial charge in [0.2, 0.25) is 0 Å². The van der Waals surface area contributed by atoms with Crippen LogP contribution in [0.25, 0.3) is 0 Å². The Labute approximate surface area is 145 Å². The molecule has 0 amide bonds. The molecule has 0 spiro atoms. The van der Waals surface area contributed by atoms with E-state index in [9.17, 15) is 74.4 Å². The fourth-order valence-corrected chi connectivity index (χ4v) is 1.55. The molecule has 0 aliphatic heterocycles. The fraction of sp³-hybridized carbons (Fsp3) is 1.00. The van der Waals surface area contributed by atoms with Gasteiger partial charge in [0, 0.05) is 0 Å². The van der Waals surface area contributed by atoms with Crippen molar-refractivity contribution in [3.05, 3.63) is 0 Å². The van der Waals surface area contributed by atoms with E-state index in [-0.39, 0.29) is 18.9 Å². The monoisotopic (exact) mass is 438 g/mol. The van der Waals surface area contributed by atoms with Crippen molar-refractivity contribution in [1.82, 2.24) is 0 Å². The van der Waals surface area contributed by atoms with Gasteiger partial charge in [0.15, 0.2) is 10.1 Å². The van der Waals surface area contributed by atoms with E-state index >= 15 is 0 Å². The van der Waals surface area contributed by atoms with Crippen molar-refractivity contribution in [1.29, 1.82) is 0 Å². The van der Waals surface area contributed by atoms with Crippen molar-refractivity contribution in [3.8, 4) is 0 Å². The van der Waals surface area contributed by atoms with Crippen LogP contribution in [-0.4, -0.2) is 54.3 Å². The molecule has 0 saturated carbocycles. The summed E-state index contributed by atoms with van der Waals surface area (Å²) in [5.41, 5.74) is 0. The summed E-state index contributed by atoms with van der Waals surface area (Å²) < 4.78 is 204. The molecule has 26 heavy (non-hydrogen) atoms. The molecular weight excluding hydrogens is 437 g/mol. The molecule has 152 valence electrons. The minimum absolute atomic E-state index is 0. The van der Waals surface area contributed by atoms with Crippen LogP contribution in [0, 0.1) is 0 Å². The Morgan fingerprint density at radius 1 is 0.654 bits per heavy atom. The van der Waals surface area contributed by atoms with Gasteiger partial charge < -0.3 is 4.55 Å². The summed E-state index contributed by atoms with van der Waals surface area (Å²) in [5.74, 6) is -32.5. The number of rotatable bonds is 6. The molecule has 0 radical (unpaired) electrons. The van der Waals surface area contributed by atoms with E-state index in [1.807, 2.05) is 0 Å². The van der Waals surface area contributed by atoms with Crippen LogP contribution < -0.4 is 18.9 Å². The minimum Gasteiger partial charge on any atom is -0.743 e. The Kier molecular flexibility index (Phi) is 7.31. The molecule has 0 aromatic heterocycles. The normalized spacial score (nSPS) is 16.9. The number of halogens is 14. The van der Waals surface area contributed by atoms with E-state index in [4.69, 9.17) is 0 Å². The third-order valence-corrected chi connectivity index (χ3v) is 3.38. The Morgan fingerprint density at radius 2 is 0.962 bits per heavy atom. The van der Waals surface area contributed by atoms with Crippen molar-refractivity contribution in [2.75, 3.05) is 0 Å². The van der Waals surface area contributed by atoms with Crippen LogP contribution in [0.15, 0.2) is 0 Å². The summed E-state index contributed by atoms with van der Waals surface area (Å²) in [6.07, 6.45) is -13.3. The molecule has 1 atom stereocenters. The summed E-state index contributed by atoms with van der Waals surface area (Å²) in [6.45, 7) is 0. The summed E-state index contributed by atoms with van der Waals surface area (Å²) >= 11 is 0. The molecule has 0 rings (SSSR count). The van der Waals surface area contributed by atoms with Gasteiger partial charge in [-0.15, -0.1) is 0 Å². The number of hydrogen-bond acceptors (Lipinski definition) is 3. The maximum Gasteiger partial charge on any atom is 1.00 e. The van der Waals surface area contributed by atoms with E-state index in [1.165, 1.54) is 0 Å². The number of alkyl halides is 14. The molecule has 0 N–H and O–H groups in total. The predicted molar refractivity (Wildman–Crippen MR) is 45.4 cm³/mol. The molecule has 0 aliphatic rings. The van der Waals surface area contributed by atoms with Gasteiger partial charge in [-0.25, -0.2) is 12.8 Å². The van der Waals surface area contributed by atoms with Gasteiger partial charge in [-0.3, -0.25) is 0 Å². The molecule has 3 nitrogen and oxygen atoms in total. The zero-order chi connectivity index (χ0) is 21.1. The molecular formula is C7HF14LiO3S. The summed E-state index contributed by atoms with van der Waals surface area (Å²) in [5, 5.41) is -7.67. The van der Waals surface area contributed by atoms with Gasteiger partial charge in [0.05, 0.1) is 0 Å². The zero-order valence-corrected chi connectivity index (χ0v) is 12.3. The van der Waals surface area contributed by atoms with Gasteiger partial charge >= 0.3 is 54.0 Å². The molecule has 0 fully saturated rings. The van der Waals surface area contributed by atoms with Crippen LogP contribution in [0.3, 0.4) is 0 Å². The first kappa shape index (κ1) is 27.7. The Hall–Kier alpha value is -0.473. The molecule has 0 aromatic rings. The average molecular weight is 438 g/mol. The van der Waals surface area contributed by atoms with E-state index in [0.717, 1.165) is 0 Å². The van der Waals surface area contributed by atoms with Crippen molar-refractivity contribution in [2.24, 2.45) is 0 Å². The Morgan fingerprint density at radius 3 is 1.19 bits per heavy atom. The van der Waals surface area contributed by atoms with Crippen LogP contribution in [0.5, 0.6) is 0 Å². The second-order valence-corrected chi connectivity index (χ2v) is 5.64. The first-order valence-corrected chi connectivity index (χ1v) is 6.36. The molecule has 0 saturated heterocycles. The smallest absolute Gasteiger partial charge is 0.743 e. The van der Waals surface area contributed by atoms with E-state index < -0.39 is 51.4 Å². The maximum absolute atomic E-state index is 12.9. The molecule has 0 heterocycles. The van der Waals surface area contributed by atoms with Gasteiger partial charge in [-0.1, -0.05) is 0 Å². The van der Waals surface area contributed by atoms with Crippen molar-refractivity contribution in [2.45, 2.75) is 41.3 Å². The van der Waals surface area contributed by atoms with Crippen LogP contribution in [0.2, 0.25) is 0 Å². The molecule has 0 aliphatic carbocycles. The first-order chi connectivity index (χ1) is 10.4.